The maximum atomic E-state index is 10.9. The summed E-state index contributed by atoms with van der Waals surface area (Å²) in [5.41, 5.74) is 1.14. The highest BCUT2D eigenvalue weighted by molar-refractivity contribution is 7.80. The molecule has 94 valence electrons. The second-order valence-electron chi connectivity index (χ2n) is 3.51. The number of hydrogen-bond donors (Lipinski definition) is 2. The number of thiol groups is 1. The summed E-state index contributed by atoms with van der Waals surface area (Å²) < 4.78 is 19.4. The fourth-order valence-corrected chi connectivity index (χ4v) is 2.12. The lowest BCUT2D eigenvalue weighted by molar-refractivity contribution is -0.385. The summed E-state index contributed by atoms with van der Waals surface area (Å²) in [6, 6.07) is 4.65. The predicted octanol–water partition coefficient (Wildman–Crippen LogP) is 2.18. The van der Waals surface area contributed by atoms with Crippen LogP contribution in [0.15, 0.2) is 18.2 Å². The van der Waals surface area contributed by atoms with Gasteiger partial charge in [-0.05, 0) is 24.2 Å². The quantitative estimate of drug-likeness (QED) is 0.361. The van der Waals surface area contributed by atoms with Crippen LogP contribution >= 0.6 is 12.6 Å². The van der Waals surface area contributed by atoms with Crippen molar-refractivity contribution in [2.24, 2.45) is 0 Å². The lowest BCUT2D eigenvalue weighted by atomic mass is 10.1. The van der Waals surface area contributed by atoms with Gasteiger partial charge < -0.3 is 4.55 Å². The van der Waals surface area contributed by atoms with Gasteiger partial charge in [0.25, 0.3) is 5.69 Å². The van der Waals surface area contributed by atoms with Gasteiger partial charge in [-0.2, -0.15) is 12.6 Å². The molecule has 0 radical (unpaired) electrons. The molecule has 0 saturated heterocycles. The van der Waals surface area contributed by atoms with Crippen LogP contribution < -0.4 is 0 Å². The van der Waals surface area contributed by atoms with Gasteiger partial charge in [0.1, 0.15) is 0 Å². The molecule has 0 spiro atoms. The van der Waals surface area contributed by atoms with Crippen molar-refractivity contribution in [3.8, 4) is 0 Å². The standard InChI is InChI=1S/C10H13NO4S2/c12-11(13)10-6-8(7-17(14)15)3-4-9(10)2-1-5-16/h3-4,6,16H,1-2,5,7H2,(H,14,15). The monoisotopic (exact) mass is 275 g/mol. The molecule has 1 unspecified atom stereocenters. The first-order valence-electron chi connectivity index (χ1n) is 4.99. The van der Waals surface area contributed by atoms with Crippen LogP contribution in [-0.2, 0) is 23.3 Å². The van der Waals surface area contributed by atoms with Gasteiger partial charge in [0.2, 0.25) is 0 Å². The summed E-state index contributed by atoms with van der Waals surface area (Å²) in [5.74, 6) is 0.577. The first-order valence-corrected chi connectivity index (χ1v) is 6.90. The Kier molecular flexibility index (Phi) is 5.60. The Morgan fingerprint density at radius 1 is 1.47 bits per heavy atom. The first kappa shape index (κ1) is 14.1. The average Bonchev–Trinajstić information content (AvgIpc) is 2.26. The molecule has 5 nitrogen and oxygen atoms in total. The number of nitro benzene ring substituents is 1. The van der Waals surface area contributed by atoms with E-state index < -0.39 is 16.0 Å². The van der Waals surface area contributed by atoms with E-state index in [-0.39, 0.29) is 11.4 Å². The molecule has 1 aromatic carbocycles. The van der Waals surface area contributed by atoms with Crippen molar-refractivity contribution in [1.29, 1.82) is 0 Å². The van der Waals surface area contributed by atoms with Crippen LogP contribution in [-0.4, -0.2) is 19.4 Å². The van der Waals surface area contributed by atoms with Crippen molar-refractivity contribution in [2.75, 3.05) is 5.75 Å². The number of aryl methyl sites for hydroxylation is 1. The number of hydrogen-bond acceptors (Lipinski definition) is 4. The van der Waals surface area contributed by atoms with E-state index >= 15 is 0 Å². The topological polar surface area (TPSA) is 80.4 Å². The maximum Gasteiger partial charge on any atom is 0.272 e. The van der Waals surface area contributed by atoms with Gasteiger partial charge in [0, 0.05) is 11.6 Å². The third kappa shape index (κ3) is 4.45. The number of nitro groups is 1. The Morgan fingerprint density at radius 3 is 2.71 bits per heavy atom. The Labute approximate surface area is 107 Å². The largest absolute Gasteiger partial charge is 0.306 e. The minimum absolute atomic E-state index is 0.00901. The molecule has 1 N–H and O–H groups in total. The molecule has 0 aliphatic heterocycles. The summed E-state index contributed by atoms with van der Waals surface area (Å²) in [7, 11) is 0. The smallest absolute Gasteiger partial charge is 0.272 e. The van der Waals surface area contributed by atoms with Gasteiger partial charge in [-0.15, -0.1) is 0 Å². The van der Waals surface area contributed by atoms with Crippen molar-refractivity contribution in [3.63, 3.8) is 0 Å². The highest BCUT2D eigenvalue weighted by Crippen LogP contribution is 2.22. The summed E-state index contributed by atoms with van der Waals surface area (Å²) in [4.78, 5) is 10.4. The molecule has 0 aromatic heterocycles. The van der Waals surface area contributed by atoms with Gasteiger partial charge in [-0.25, -0.2) is 4.21 Å². The van der Waals surface area contributed by atoms with E-state index in [0.29, 0.717) is 23.3 Å². The predicted molar refractivity (Wildman–Crippen MR) is 69.7 cm³/mol. The molecule has 0 bridgehead atoms. The molecule has 17 heavy (non-hydrogen) atoms. The first-order chi connectivity index (χ1) is 8.04. The fourth-order valence-electron chi connectivity index (χ4n) is 1.49. The van der Waals surface area contributed by atoms with Gasteiger partial charge in [0.15, 0.2) is 11.1 Å². The zero-order valence-electron chi connectivity index (χ0n) is 9.04. The molecule has 0 aliphatic carbocycles. The summed E-state index contributed by atoms with van der Waals surface area (Å²) in [5, 5.41) is 10.9. The van der Waals surface area contributed by atoms with Crippen molar-refractivity contribution in [2.45, 2.75) is 18.6 Å². The van der Waals surface area contributed by atoms with Crippen LogP contribution in [0.4, 0.5) is 5.69 Å². The Hall–Kier alpha value is -0.920. The molecule has 1 aromatic rings. The highest BCUT2D eigenvalue weighted by Gasteiger charge is 2.14. The Balaban J connectivity index is 2.99. The molecule has 0 amide bonds. The summed E-state index contributed by atoms with van der Waals surface area (Å²) in [6.45, 7) is 0. The lowest BCUT2D eigenvalue weighted by Gasteiger charge is -2.04. The van der Waals surface area contributed by atoms with Crippen molar-refractivity contribution in [1.82, 2.24) is 0 Å². The molecule has 0 fully saturated rings. The zero-order valence-corrected chi connectivity index (χ0v) is 10.7. The number of nitrogens with zero attached hydrogens (tertiary/aromatic N) is 1. The Morgan fingerprint density at radius 2 is 2.18 bits per heavy atom. The minimum Gasteiger partial charge on any atom is -0.306 e. The van der Waals surface area contributed by atoms with Gasteiger partial charge in [0.05, 0.1) is 10.7 Å². The van der Waals surface area contributed by atoms with Crippen LogP contribution in [0.3, 0.4) is 0 Å². The van der Waals surface area contributed by atoms with Gasteiger partial charge in [-0.3, -0.25) is 10.1 Å². The van der Waals surface area contributed by atoms with E-state index in [9.17, 15) is 14.3 Å². The summed E-state index contributed by atoms with van der Waals surface area (Å²) >= 11 is 2.07. The van der Waals surface area contributed by atoms with Crippen LogP contribution in [0.2, 0.25) is 0 Å². The molecular formula is C10H13NO4S2. The van der Waals surface area contributed by atoms with Crippen LogP contribution in [0.25, 0.3) is 0 Å². The van der Waals surface area contributed by atoms with Crippen molar-refractivity contribution < 1.29 is 13.7 Å². The number of benzene rings is 1. The van der Waals surface area contributed by atoms with E-state index in [0.717, 1.165) is 6.42 Å². The van der Waals surface area contributed by atoms with Crippen LogP contribution in [0.5, 0.6) is 0 Å². The molecule has 0 aliphatic rings. The molecule has 1 atom stereocenters. The van der Waals surface area contributed by atoms with E-state index in [4.69, 9.17) is 4.55 Å². The van der Waals surface area contributed by atoms with Crippen LogP contribution in [0.1, 0.15) is 17.5 Å². The molecular weight excluding hydrogens is 262 g/mol. The molecule has 0 saturated carbocycles. The normalized spacial score (nSPS) is 12.4. The van der Waals surface area contributed by atoms with E-state index in [1.54, 1.807) is 12.1 Å². The average molecular weight is 275 g/mol. The van der Waals surface area contributed by atoms with Crippen molar-refractivity contribution in [3.05, 3.63) is 39.4 Å². The second-order valence-corrected chi connectivity index (χ2v) is 4.89. The third-order valence-electron chi connectivity index (χ3n) is 2.24. The fraction of sp³-hybridized carbons (Fsp3) is 0.400. The van der Waals surface area contributed by atoms with Gasteiger partial charge >= 0.3 is 0 Å². The van der Waals surface area contributed by atoms with E-state index in [1.165, 1.54) is 6.07 Å². The number of rotatable bonds is 6. The lowest BCUT2D eigenvalue weighted by Crippen LogP contribution is -2.00. The minimum atomic E-state index is -1.98. The van der Waals surface area contributed by atoms with E-state index in [1.807, 2.05) is 0 Å². The third-order valence-corrected chi connectivity index (χ3v) is 3.14. The molecule has 7 heteroatoms. The van der Waals surface area contributed by atoms with Crippen molar-refractivity contribution >= 4 is 29.4 Å². The molecule has 0 heterocycles. The zero-order chi connectivity index (χ0) is 12.8. The van der Waals surface area contributed by atoms with E-state index in [2.05, 4.69) is 12.6 Å². The second kappa shape index (κ2) is 6.73. The SMILES string of the molecule is O=[N+]([O-])c1cc(CS(=O)O)ccc1CCCS. The highest BCUT2D eigenvalue weighted by atomic mass is 32.2. The Bertz CT molecular complexity index is 436. The molecule has 1 rings (SSSR count). The summed E-state index contributed by atoms with van der Waals surface area (Å²) in [6.07, 6.45) is 1.34. The van der Waals surface area contributed by atoms with Gasteiger partial charge in [-0.1, -0.05) is 12.1 Å². The van der Waals surface area contributed by atoms with Crippen LogP contribution in [0, 0.1) is 10.1 Å². The maximum absolute atomic E-state index is 10.9.